The monoisotopic (exact) mass is 277 g/mol. The fourth-order valence-corrected chi connectivity index (χ4v) is 2.59. The van der Waals surface area contributed by atoms with Gasteiger partial charge in [-0.25, -0.2) is 0 Å². The number of fused-ring (bicyclic) bond motifs is 1. The Hall–Kier alpha value is -2.19. The minimum atomic E-state index is -1.01. The molecule has 106 valence electrons. The molecule has 1 heterocycles. The van der Waals surface area contributed by atoms with E-state index in [2.05, 4.69) is 31.0 Å². The summed E-state index contributed by atoms with van der Waals surface area (Å²) in [5.74, 6) is 0. The number of aromatic nitrogens is 1. The molecule has 0 fully saturated rings. The Kier molecular flexibility index (Phi) is 3.26. The van der Waals surface area contributed by atoms with E-state index in [0.29, 0.717) is 0 Å². The number of rotatable bonds is 2. The second kappa shape index (κ2) is 4.97. The highest BCUT2D eigenvalue weighted by Gasteiger charge is 2.26. The highest BCUT2D eigenvalue weighted by molar-refractivity contribution is 5.79. The molecule has 1 N–H and O–H groups in total. The maximum Gasteiger partial charge on any atom is 0.112 e. The first kappa shape index (κ1) is 13.8. The topological polar surface area (TPSA) is 33.1 Å². The van der Waals surface area contributed by atoms with Crippen molar-refractivity contribution >= 4 is 10.9 Å². The van der Waals surface area contributed by atoms with Crippen LogP contribution in [0.25, 0.3) is 10.9 Å². The maximum absolute atomic E-state index is 11.0. The Morgan fingerprint density at radius 1 is 0.905 bits per heavy atom. The lowest BCUT2D eigenvalue weighted by Gasteiger charge is -2.25. The predicted octanol–water partition coefficient (Wildman–Crippen LogP) is 4.11. The van der Waals surface area contributed by atoms with Crippen LogP contribution in [0.4, 0.5) is 0 Å². The summed E-state index contributed by atoms with van der Waals surface area (Å²) in [5, 5.41) is 12.1. The molecule has 0 aliphatic heterocycles. The summed E-state index contributed by atoms with van der Waals surface area (Å²) in [4.78, 5) is 4.32. The van der Waals surface area contributed by atoms with Crippen LogP contribution in [0.5, 0.6) is 0 Å². The average molecular weight is 277 g/mol. The maximum atomic E-state index is 11.0. The number of hydrogen-bond acceptors (Lipinski definition) is 2. The highest BCUT2D eigenvalue weighted by atomic mass is 16.3. The van der Waals surface area contributed by atoms with Gasteiger partial charge in [0.1, 0.15) is 5.60 Å². The van der Waals surface area contributed by atoms with Crippen LogP contribution in [-0.4, -0.2) is 10.1 Å². The van der Waals surface area contributed by atoms with Gasteiger partial charge in [0.25, 0.3) is 0 Å². The zero-order chi connectivity index (χ0) is 15.0. The third kappa shape index (κ3) is 2.43. The van der Waals surface area contributed by atoms with Crippen molar-refractivity contribution in [3.63, 3.8) is 0 Å². The zero-order valence-corrected chi connectivity index (χ0v) is 12.6. The van der Waals surface area contributed by atoms with Gasteiger partial charge >= 0.3 is 0 Å². The lowest BCUT2D eigenvalue weighted by Crippen LogP contribution is -2.23. The summed E-state index contributed by atoms with van der Waals surface area (Å²) >= 11 is 0. The van der Waals surface area contributed by atoms with Gasteiger partial charge in [0.05, 0.1) is 5.52 Å². The molecule has 2 aromatic carbocycles. The molecular weight excluding hydrogens is 258 g/mol. The van der Waals surface area contributed by atoms with Crippen LogP contribution in [0.1, 0.15) is 29.2 Å². The molecule has 2 nitrogen and oxygen atoms in total. The summed E-state index contributed by atoms with van der Waals surface area (Å²) in [6.45, 7) is 5.99. The van der Waals surface area contributed by atoms with Crippen LogP contribution in [-0.2, 0) is 5.60 Å². The van der Waals surface area contributed by atoms with Gasteiger partial charge in [0.15, 0.2) is 0 Å². The van der Waals surface area contributed by atoms with Gasteiger partial charge in [0, 0.05) is 11.6 Å². The molecule has 0 radical (unpaired) electrons. The molecular formula is C19H19NO. The fourth-order valence-electron chi connectivity index (χ4n) is 2.59. The molecule has 0 aliphatic carbocycles. The van der Waals surface area contributed by atoms with Crippen molar-refractivity contribution in [1.29, 1.82) is 0 Å². The number of nitrogens with zero attached hydrogens (tertiary/aromatic N) is 1. The fraction of sp³-hybridized carbons (Fsp3) is 0.211. The standard InChI is InChI=1S/C19H19NO/c1-13-6-7-16(11-14(13)2)19(3,21)17-8-9-18-15(12-17)5-4-10-20-18/h4-12,21H,1-3H3. The van der Waals surface area contributed by atoms with Crippen molar-refractivity contribution in [3.8, 4) is 0 Å². The first-order valence-electron chi connectivity index (χ1n) is 7.14. The SMILES string of the molecule is Cc1ccc(C(C)(O)c2ccc3ncccc3c2)cc1C. The van der Waals surface area contributed by atoms with Crippen molar-refractivity contribution in [1.82, 2.24) is 4.98 Å². The van der Waals surface area contributed by atoms with E-state index in [9.17, 15) is 5.11 Å². The molecule has 0 saturated carbocycles. The largest absolute Gasteiger partial charge is 0.381 e. The van der Waals surface area contributed by atoms with Gasteiger partial charge in [-0.05, 0) is 61.2 Å². The number of benzene rings is 2. The van der Waals surface area contributed by atoms with Gasteiger partial charge in [-0.3, -0.25) is 4.98 Å². The molecule has 1 atom stereocenters. The Morgan fingerprint density at radius 3 is 2.38 bits per heavy atom. The van der Waals surface area contributed by atoms with Crippen molar-refractivity contribution < 1.29 is 5.11 Å². The summed E-state index contributed by atoms with van der Waals surface area (Å²) in [6.07, 6.45) is 1.78. The van der Waals surface area contributed by atoms with Crippen LogP contribution < -0.4 is 0 Å². The van der Waals surface area contributed by atoms with Crippen LogP contribution in [0, 0.1) is 13.8 Å². The number of aryl methyl sites for hydroxylation is 2. The summed E-state index contributed by atoms with van der Waals surface area (Å²) in [6, 6.07) is 16.0. The molecule has 0 bridgehead atoms. The molecule has 2 heteroatoms. The molecule has 0 spiro atoms. The van der Waals surface area contributed by atoms with Crippen molar-refractivity contribution in [2.24, 2.45) is 0 Å². The van der Waals surface area contributed by atoms with Crippen LogP contribution >= 0.6 is 0 Å². The van der Waals surface area contributed by atoms with E-state index < -0.39 is 5.60 Å². The molecule has 0 aliphatic rings. The number of hydrogen-bond donors (Lipinski definition) is 1. The van der Waals surface area contributed by atoms with E-state index in [0.717, 1.165) is 22.0 Å². The van der Waals surface area contributed by atoms with Gasteiger partial charge in [-0.1, -0.05) is 30.3 Å². The van der Waals surface area contributed by atoms with Crippen molar-refractivity contribution in [2.75, 3.05) is 0 Å². The van der Waals surface area contributed by atoms with E-state index >= 15 is 0 Å². The first-order valence-corrected chi connectivity index (χ1v) is 7.14. The van der Waals surface area contributed by atoms with E-state index in [1.54, 1.807) is 6.20 Å². The van der Waals surface area contributed by atoms with Crippen molar-refractivity contribution in [3.05, 3.63) is 77.0 Å². The average Bonchev–Trinajstić information content (AvgIpc) is 2.49. The molecule has 0 saturated heterocycles. The van der Waals surface area contributed by atoms with Gasteiger partial charge in [-0.15, -0.1) is 0 Å². The van der Waals surface area contributed by atoms with Crippen molar-refractivity contribution in [2.45, 2.75) is 26.4 Å². The molecule has 21 heavy (non-hydrogen) atoms. The Morgan fingerprint density at radius 2 is 1.62 bits per heavy atom. The van der Waals surface area contributed by atoms with E-state index in [4.69, 9.17) is 0 Å². The third-order valence-corrected chi connectivity index (χ3v) is 4.23. The first-order chi connectivity index (χ1) is 9.98. The minimum Gasteiger partial charge on any atom is -0.381 e. The lowest BCUT2D eigenvalue weighted by molar-refractivity contribution is 0.102. The summed E-state index contributed by atoms with van der Waals surface area (Å²) in [7, 11) is 0. The molecule has 3 rings (SSSR count). The highest BCUT2D eigenvalue weighted by Crippen LogP contribution is 2.31. The zero-order valence-electron chi connectivity index (χ0n) is 12.6. The Labute approximate surface area is 125 Å². The Balaban J connectivity index is 2.12. The van der Waals surface area contributed by atoms with Crippen LogP contribution in [0.2, 0.25) is 0 Å². The smallest absolute Gasteiger partial charge is 0.112 e. The number of pyridine rings is 1. The third-order valence-electron chi connectivity index (χ3n) is 4.23. The predicted molar refractivity (Wildman–Crippen MR) is 86.3 cm³/mol. The van der Waals surface area contributed by atoms with E-state index in [1.165, 1.54) is 11.1 Å². The van der Waals surface area contributed by atoms with Gasteiger partial charge in [-0.2, -0.15) is 0 Å². The normalized spacial score (nSPS) is 14.1. The van der Waals surface area contributed by atoms with Gasteiger partial charge in [0.2, 0.25) is 0 Å². The second-order valence-corrected chi connectivity index (χ2v) is 5.78. The minimum absolute atomic E-state index is 0.881. The molecule has 3 aromatic rings. The van der Waals surface area contributed by atoms with E-state index in [-0.39, 0.29) is 0 Å². The summed E-state index contributed by atoms with van der Waals surface area (Å²) in [5.41, 5.74) is 4.15. The lowest BCUT2D eigenvalue weighted by atomic mass is 9.86. The van der Waals surface area contributed by atoms with Crippen LogP contribution in [0.3, 0.4) is 0 Å². The molecule has 1 unspecified atom stereocenters. The molecule has 1 aromatic heterocycles. The van der Waals surface area contributed by atoms with E-state index in [1.807, 2.05) is 43.3 Å². The summed E-state index contributed by atoms with van der Waals surface area (Å²) < 4.78 is 0. The van der Waals surface area contributed by atoms with Gasteiger partial charge < -0.3 is 5.11 Å². The van der Waals surface area contributed by atoms with Crippen LogP contribution in [0.15, 0.2) is 54.7 Å². The second-order valence-electron chi connectivity index (χ2n) is 5.78. The Bertz CT molecular complexity index is 806. The quantitative estimate of drug-likeness (QED) is 0.764. The number of aliphatic hydroxyl groups is 1. The molecule has 0 amide bonds.